The number of imidazole rings is 2. The van der Waals surface area contributed by atoms with Gasteiger partial charge in [-0.15, -0.1) is 0 Å². The maximum absolute atomic E-state index is 5.59. The van der Waals surface area contributed by atoms with E-state index in [1.807, 2.05) is 19.6 Å². The second kappa shape index (κ2) is 3.45. The van der Waals surface area contributed by atoms with Crippen LogP contribution in [0.15, 0.2) is 12.5 Å². The summed E-state index contributed by atoms with van der Waals surface area (Å²) in [6.07, 6.45) is 5.63. The molecule has 2 aromatic heterocycles. The maximum Gasteiger partial charge on any atom is 0.110 e. The normalized spacial score (nSPS) is 13.6. The monoisotopic (exact) mass is 217 g/mol. The Morgan fingerprint density at radius 2 is 2.31 bits per heavy atom. The molecule has 2 N–H and O–H groups in total. The summed E-state index contributed by atoms with van der Waals surface area (Å²) in [4.78, 5) is 8.86. The minimum atomic E-state index is 0.648. The predicted molar refractivity (Wildman–Crippen MR) is 60.9 cm³/mol. The lowest BCUT2D eigenvalue weighted by molar-refractivity contribution is 0.630. The molecule has 16 heavy (non-hydrogen) atoms. The summed E-state index contributed by atoms with van der Waals surface area (Å²) < 4.78 is 4.32. The third kappa shape index (κ3) is 1.21. The average molecular weight is 217 g/mol. The molecular weight excluding hydrogens is 202 g/mol. The van der Waals surface area contributed by atoms with E-state index in [-0.39, 0.29) is 0 Å². The first-order valence-electron chi connectivity index (χ1n) is 5.56. The first kappa shape index (κ1) is 9.59. The summed E-state index contributed by atoms with van der Waals surface area (Å²) in [5.41, 5.74) is 9.13. The van der Waals surface area contributed by atoms with Crippen molar-refractivity contribution in [1.29, 1.82) is 0 Å². The Balaban J connectivity index is 2.14. The Morgan fingerprint density at radius 3 is 3.12 bits per heavy atom. The van der Waals surface area contributed by atoms with Crippen LogP contribution in [0.3, 0.4) is 0 Å². The Bertz CT molecular complexity index is 522. The van der Waals surface area contributed by atoms with Gasteiger partial charge < -0.3 is 14.9 Å². The number of rotatable bonds is 2. The summed E-state index contributed by atoms with van der Waals surface area (Å²) in [6, 6.07) is 0. The fourth-order valence-corrected chi connectivity index (χ4v) is 2.39. The molecule has 1 aliphatic rings. The molecule has 0 atom stereocenters. The quantitative estimate of drug-likeness (QED) is 0.789. The molecular formula is C11H15N5. The topological polar surface area (TPSA) is 61.7 Å². The smallest absolute Gasteiger partial charge is 0.110 e. The summed E-state index contributed by atoms with van der Waals surface area (Å²) in [5, 5.41) is 0. The molecule has 0 spiro atoms. The van der Waals surface area contributed by atoms with Crippen LogP contribution in [0.5, 0.6) is 0 Å². The highest BCUT2D eigenvalue weighted by Gasteiger charge is 2.22. The Labute approximate surface area is 93.9 Å². The maximum atomic E-state index is 5.59. The van der Waals surface area contributed by atoms with Gasteiger partial charge in [-0.2, -0.15) is 0 Å². The van der Waals surface area contributed by atoms with E-state index in [2.05, 4.69) is 19.1 Å². The van der Waals surface area contributed by atoms with E-state index in [0.29, 0.717) is 6.54 Å². The fraction of sp³-hybridized carbons (Fsp3) is 0.455. The van der Waals surface area contributed by atoms with Crippen molar-refractivity contribution in [1.82, 2.24) is 19.1 Å². The number of fused-ring (bicyclic) bond motifs is 3. The molecule has 5 nitrogen and oxygen atoms in total. The van der Waals surface area contributed by atoms with Crippen molar-refractivity contribution in [2.45, 2.75) is 19.4 Å². The number of aromatic nitrogens is 4. The van der Waals surface area contributed by atoms with Crippen molar-refractivity contribution < 1.29 is 0 Å². The van der Waals surface area contributed by atoms with Gasteiger partial charge in [0.05, 0.1) is 29.6 Å². The molecule has 0 aromatic carbocycles. The molecule has 0 saturated heterocycles. The van der Waals surface area contributed by atoms with E-state index in [4.69, 9.17) is 5.73 Å². The second-order valence-corrected chi connectivity index (χ2v) is 4.15. The minimum absolute atomic E-state index is 0.648. The van der Waals surface area contributed by atoms with Crippen LogP contribution in [0.2, 0.25) is 0 Å². The molecule has 0 aliphatic carbocycles. The predicted octanol–water partition coefficient (Wildman–Crippen LogP) is 0.341. The zero-order valence-corrected chi connectivity index (χ0v) is 9.35. The van der Waals surface area contributed by atoms with Crippen LogP contribution < -0.4 is 5.73 Å². The molecule has 5 heteroatoms. The second-order valence-electron chi connectivity index (χ2n) is 4.15. The van der Waals surface area contributed by atoms with Gasteiger partial charge in [-0.05, 0) is 6.54 Å². The number of aryl methyl sites for hydroxylation is 2. The van der Waals surface area contributed by atoms with Gasteiger partial charge in [0.1, 0.15) is 5.82 Å². The number of hydrogen-bond acceptors (Lipinski definition) is 3. The molecule has 0 bridgehead atoms. The zero-order chi connectivity index (χ0) is 11.1. The molecule has 3 heterocycles. The molecule has 0 unspecified atom stereocenters. The molecule has 0 radical (unpaired) electrons. The number of nitrogens with zero attached hydrogens (tertiary/aromatic N) is 4. The standard InChI is InChI=1S/C11H15N5/c1-15-7-14-8-3-5-16-9(11(8)15)6-13-10(16)2-4-12/h6-7H,2-5,12H2,1H3. The Kier molecular flexibility index (Phi) is 2.07. The highest BCUT2D eigenvalue weighted by atomic mass is 15.1. The van der Waals surface area contributed by atoms with Crippen LogP contribution in [0.4, 0.5) is 0 Å². The van der Waals surface area contributed by atoms with Crippen LogP contribution in [-0.2, 0) is 26.4 Å². The van der Waals surface area contributed by atoms with Gasteiger partial charge in [0.25, 0.3) is 0 Å². The van der Waals surface area contributed by atoms with Crippen LogP contribution in [0.1, 0.15) is 11.5 Å². The van der Waals surface area contributed by atoms with E-state index in [1.165, 1.54) is 17.1 Å². The summed E-state index contributed by atoms with van der Waals surface area (Å²) in [6.45, 7) is 1.61. The average Bonchev–Trinajstić information content (AvgIpc) is 2.84. The van der Waals surface area contributed by atoms with Crippen molar-refractivity contribution >= 4 is 0 Å². The van der Waals surface area contributed by atoms with E-state index in [0.717, 1.165) is 25.2 Å². The molecule has 0 amide bonds. The Morgan fingerprint density at radius 1 is 1.44 bits per heavy atom. The number of hydrogen-bond donors (Lipinski definition) is 1. The van der Waals surface area contributed by atoms with Gasteiger partial charge >= 0.3 is 0 Å². The summed E-state index contributed by atoms with van der Waals surface area (Å²) in [5.74, 6) is 1.09. The van der Waals surface area contributed by atoms with E-state index in [1.54, 1.807) is 0 Å². The lowest BCUT2D eigenvalue weighted by Gasteiger charge is -2.17. The SMILES string of the molecule is Cn1cnc2c1-c1cnc(CCN)n1CC2. The van der Waals surface area contributed by atoms with E-state index in [9.17, 15) is 0 Å². The Hall–Kier alpha value is -1.62. The third-order valence-corrected chi connectivity index (χ3v) is 3.13. The highest BCUT2D eigenvalue weighted by molar-refractivity contribution is 5.60. The van der Waals surface area contributed by atoms with Crippen LogP contribution in [0, 0.1) is 0 Å². The van der Waals surface area contributed by atoms with Gasteiger partial charge in [-0.3, -0.25) is 0 Å². The van der Waals surface area contributed by atoms with E-state index >= 15 is 0 Å². The van der Waals surface area contributed by atoms with Crippen molar-refractivity contribution in [3.05, 3.63) is 24.0 Å². The van der Waals surface area contributed by atoms with Crippen molar-refractivity contribution in [2.75, 3.05) is 6.54 Å². The lowest BCUT2D eigenvalue weighted by atomic mass is 10.1. The van der Waals surface area contributed by atoms with Crippen molar-refractivity contribution in [3.63, 3.8) is 0 Å². The van der Waals surface area contributed by atoms with Gasteiger partial charge in [-0.25, -0.2) is 9.97 Å². The first-order valence-corrected chi connectivity index (χ1v) is 5.56. The number of nitrogens with two attached hydrogens (primary N) is 1. The molecule has 2 aromatic rings. The summed E-state index contributed by atoms with van der Waals surface area (Å²) >= 11 is 0. The molecule has 1 aliphatic heterocycles. The van der Waals surface area contributed by atoms with Crippen LogP contribution in [0.25, 0.3) is 11.4 Å². The van der Waals surface area contributed by atoms with Gasteiger partial charge in [0.15, 0.2) is 0 Å². The van der Waals surface area contributed by atoms with Gasteiger partial charge in [0, 0.05) is 26.4 Å². The summed E-state index contributed by atoms with van der Waals surface area (Å²) in [7, 11) is 2.02. The molecule has 84 valence electrons. The highest BCUT2D eigenvalue weighted by Crippen LogP contribution is 2.28. The van der Waals surface area contributed by atoms with Gasteiger partial charge in [0.2, 0.25) is 0 Å². The van der Waals surface area contributed by atoms with Crippen LogP contribution in [-0.4, -0.2) is 25.6 Å². The largest absolute Gasteiger partial charge is 0.332 e. The van der Waals surface area contributed by atoms with Gasteiger partial charge in [-0.1, -0.05) is 0 Å². The third-order valence-electron chi connectivity index (χ3n) is 3.13. The van der Waals surface area contributed by atoms with E-state index < -0.39 is 0 Å². The van der Waals surface area contributed by atoms with Crippen molar-refractivity contribution in [2.24, 2.45) is 12.8 Å². The minimum Gasteiger partial charge on any atom is -0.332 e. The first-order chi connectivity index (χ1) is 7.81. The lowest BCUT2D eigenvalue weighted by Crippen LogP contribution is -2.16. The molecule has 0 saturated carbocycles. The molecule has 0 fully saturated rings. The fourth-order valence-electron chi connectivity index (χ4n) is 2.39. The van der Waals surface area contributed by atoms with Crippen molar-refractivity contribution in [3.8, 4) is 11.4 Å². The molecule has 3 rings (SSSR count). The van der Waals surface area contributed by atoms with Crippen LogP contribution >= 0.6 is 0 Å². The zero-order valence-electron chi connectivity index (χ0n) is 9.35.